The molecule has 0 aliphatic rings. The van der Waals surface area contributed by atoms with Crippen molar-refractivity contribution in [3.05, 3.63) is 47.9 Å². The van der Waals surface area contributed by atoms with Crippen molar-refractivity contribution in [1.29, 1.82) is 0 Å². The minimum atomic E-state index is -0.385. The summed E-state index contributed by atoms with van der Waals surface area (Å²) in [5.41, 5.74) is 7.79. The SMILES string of the molecule is CC.CCCCC(C)Nc1nc(N)nc2c(F)cn(Cc3ccccc3)c12. The fourth-order valence-corrected chi connectivity index (χ4v) is 2.99. The molecule has 1 aromatic carbocycles. The first-order valence-electron chi connectivity index (χ1n) is 9.70. The van der Waals surface area contributed by atoms with Gasteiger partial charge in [0.25, 0.3) is 0 Å². The highest BCUT2D eigenvalue weighted by molar-refractivity contribution is 5.88. The molecule has 2 aromatic heterocycles. The summed E-state index contributed by atoms with van der Waals surface area (Å²) >= 11 is 0. The molecule has 6 heteroatoms. The van der Waals surface area contributed by atoms with Gasteiger partial charge in [0, 0.05) is 18.8 Å². The Hall–Kier alpha value is -2.63. The van der Waals surface area contributed by atoms with Crippen molar-refractivity contribution in [2.24, 2.45) is 0 Å². The van der Waals surface area contributed by atoms with E-state index in [0.29, 0.717) is 17.9 Å². The van der Waals surface area contributed by atoms with Crippen LogP contribution in [0.15, 0.2) is 36.5 Å². The standard InChI is InChI=1S/C19H24FN5.C2H6/c1-3-4-8-13(2)22-18-17-16(23-19(21)24-18)15(20)12-25(17)11-14-9-6-5-7-10-14;1-2/h5-7,9-10,12-13H,3-4,8,11H2,1-2H3,(H3,21,22,23,24);1-2H3. The lowest BCUT2D eigenvalue weighted by Crippen LogP contribution is -2.17. The highest BCUT2D eigenvalue weighted by atomic mass is 19.1. The second-order valence-corrected chi connectivity index (χ2v) is 6.41. The summed E-state index contributed by atoms with van der Waals surface area (Å²) in [6.45, 7) is 8.81. The van der Waals surface area contributed by atoms with Gasteiger partial charge in [0.1, 0.15) is 11.0 Å². The van der Waals surface area contributed by atoms with Crippen molar-refractivity contribution in [3.8, 4) is 0 Å². The monoisotopic (exact) mass is 371 g/mol. The number of aromatic nitrogens is 3. The third-order valence-electron chi connectivity index (χ3n) is 4.25. The normalized spacial score (nSPS) is 11.7. The highest BCUT2D eigenvalue weighted by Crippen LogP contribution is 2.27. The molecule has 0 radical (unpaired) electrons. The molecule has 3 rings (SSSR count). The quantitative estimate of drug-likeness (QED) is 0.597. The Morgan fingerprint density at radius 2 is 1.89 bits per heavy atom. The van der Waals surface area contributed by atoms with Crippen molar-refractivity contribution >= 4 is 22.8 Å². The molecule has 27 heavy (non-hydrogen) atoms. The Kier molecular flexibility index (Phi) is 7.58. The first-order chi connectivity index (χ1) is 13.1. The average Bonchev–Trinajstić information content (AvgIpc) is 2.98. The lowest BCUT2D eigenvalue weighted by Gasteiger charge is -2.16. The zero-order valence-electron chi connectivity index (χ0n) is 16.7. The van der Waals surface area contributed by atoms with Gasteiger partial charge in [0.2, 0.25) is 5.95 Å². The van der Waals surface area contributed by atoms with Crippen LogP contribution in [-0.4, -0.2) is 20.6 Å². The van der Waals surface area contributed by atoms with E-state index in [1.165, 1.54) is 6.20 Å². The van der Waals surface area contributed by atoms with Gasteiger partial charge < -0.3 is 15.6 Å². The van der Waals surface area contributed by atoms with Gasteiger partial charge in [-0.05, 0) is 18.9 Å². The van der Waals surface area contributed by atoms with Crippen molar-refractivity contribution in [1.82, 2.24) is 14.5 Å². The van der Waals surface area contributed by atoms with Crippen LogP contribution in [-0.2, 0) is 6.54 Å². The fourth-order valence-electron chi connectivity index (χ4n) is 2.99. The van der Waals surface area contributed by atoms with Crippen LogP contribution in [0, 0.1) is 5.82 Å². The van der Waals surface area contributed by atoms with Crippen LogP contribution < -0.4 is 11.1 Å². The van der Waals surface area contributed by atoms with E-state index in [9.17, 15) is 4.39 Å². The molecule has 3 N–H and O–H groups in total. The lowest BCUT2D eigenvalue weighted by atomic mass is 10.1. The third-order valence-corrected chi connectivity index (χ3v) is 4.25. The molecule has 3 aromatic rings. The molecule has 0 amide bonds. The number of rotatable bonds is 7. The number of hydrogen-bond acceptors (Lipinski definition) is 4. The summed E-state index contributed by atoms with van der Waals surface area (Å²) < 4.78 is 16.3. The third kappa shape index (κ3) is 5.18. The number of nitrogens with one attached hydrogen (secondary N) is 1. The molecule has 0 spiro atoms. The summed E-state index contributed by atoms with van der Waals surface area (Å²) in [5, 5.41) is 3.38. The number of nitrogen functional groups attached to an aromatic ring is 1. The predicted molar refractivity (Wildman–Crippen MR) is 111 cm³/mol. The number of nitrogens with two attached hydrogens (primary N) is 1. The number of unbranched alkanes of at least 4 members (excludes halogenated alkanes) is 1. The van der Waals surface area contributed by atoms with Gasteiger partial charge in [-0.3, -0.25) is 0 Å². The fraction of sp³-hybridized carbons (Fsp3) is 0.429. The summed E-state index contributed by atoms with van der Waals surface area (Å²) in [6.07, 6.45) is 4.74. The molecule has 0 bridgehead atoms. The van der Waals surface area contributed by atoms with Crippen LogP contribution in [0.2, 0.25) is 0 Å². The maximum atomic E-state index is 14.4. The van der Waals surface area contributed by atoms with E-state index in [1.54, 1.807) is 0 Å². The van der Waals surface area contributed by atoms with E-state index >= 15 is 0 Å². The number of fused-ring (bicyclic) bond motifs is 1. The number of anilines is 2. The van der Waals surface area contributed by atoms with E-state index in [0.717, 1.165) is 24.8 Å². The Morgan fingerprint density at radius 1 is 1.19 bits per heavy atom. The highest BCUT2D eigenvalue weighted by Gasteiger charge is 2.18. The molecule has 0 aliphatic heterocycles. The molecule has 2 heterocycles. The Morgan fingerprint density at radius 3 is 2.56 bits per heavy atom. The maximum absolute atomic E-state index is 14.4. The summed E-state index contributed by atoms with van der Waals surface area (Å²) in [7, 11) is 0. The minimum Gasteiger partial charge on any atom is -0.368 e. The van der Waals surface area contributed by atoms with E-state index in [2.05, 4.69) is 29.1 Å². The van der Waals surface area contributed by atoms with E-state index in [4.69, 9.17) is 5.73 Å². The maximum Gasteiger partial charge on any atom is 0.222 e. The second-order valence-electron chi connectivity index (χ2n) is 6.41. The van der Waals surface area contributed by atoms with Crippen LogP contribution in [0.3, 0.4) is 0 Å². The number of nitrogens with zero attached hydrogens (tertiary/aromatic N) is 3. The van der Waals surface area contributed by atoms with Gasteiger partial charge in [-0.15, -0.1) is 0 Å². The van der Waals surface area contributed by atoms with Crippen LogP contribution in [0.25, 0.3) is 11.0 Å². The Labute approximate surface area is 160 Å². The van der Waals surface area contributed by atoms with Crippen molar-refractivity contribution < 1.29 is 4.39 Å². The van der Waals surface area contributed by atoms with Gasteiger partial charge in [0.05, 0.1) is 0 Å². The predicted octanol–water partition coefficient (Wildman–Crippen LogP) is 5.22. The summed E-state index contributed by atoms with van der Waals surface area (Å²) in [4.78, 5) is 8.43. The van der Waals surface area contributed by atoms with Crippen LogP contribution in [0.4, 0.5) is 16.2 Å². The zero-order chi connectivity index (χ0) is 19.8. The largest absolute Gasteiger partial charge is 0.368 e. The number of halogens is 1. The number of hydrogen-bond donors (Lipinski definition) is 2. The van der Waals surface area contributed by atoms with E-state index in [1.807, 2.05) is 48.7 Å². The number of benzene rings is 1. The smallest absolute Gasteiger partial charge is 0.222 e. The first kappa shape index (κ1) is 20.7. The second kappa shape index (κ2) is 9.90. The molecule has 0 saturated heterocycles. The molecule has 0 saturated carbocycles. The molecule has 5 nitrogen and oxygen atoms in total. The summed E-state index contributed by atoms with van der Waals surface area (Å²) in [5.74, 6) is 0.282. The molecular formula is C21H30FN5. The zero-order valence-corrected chi connectivity index (χ0v) is 16.7. The first-order valence-corrected chi connectivity index (χ1v) is 9.70. The van der Waals surface area contributed by atoms with Crippen molar-refractivity contribution in [2.75, 3.05) is 11.1 Å². The van der Waals surface area contributed by atoms with Crippen molar-refractivity contribution in [2.45, 2.75) is 59.5 Å². The molecule has 0 fully saturated rings. The van der Waals surface area contributed by atoms with E-state index in [-0.39, 0.29) is 23.3 Å². The van der Waals surface area contributed by atoms with Gasteiger partial charge in [0.15, 0.2) is 11.6 Å². The van der Waals surface area contributed by atoms with Gasteiger partial charge in [-0.1, -0.05) is 63.9 Å². The molecule has 146 valence electrons. The minimum absolute atomic E-state index is 0.0778. The van der Waals surface area contributed by atoms with Crippen LogP contribution in [0.1, 0.15) is 52.5 Å². The van der Waals surface area contributed by atoms with Gasteiger partial charge >= 0.3 is 0 Å². The van der Waals surface area contributed by atoms with Crippen molar-refractivity contribution in [3.63, 3.8) is 0 Å². The Balaban J connectivity index is 0.00000126. The molecular weight excluding hydrogens is 341 g/mol. The van der Waals surface area contributed by atoms with E-state index < -0.39 is 0 Å². The molecule has 1 atom stereocenters. The van der Waals surface area contributed by atoms with Crippen LogP contribution in [0.5, 0.6) is 0 Å². The van der Waals surface area contributed by atoms with Gasteiger partial charge in [-0.2, -0.15) is 4.98 Å². The molecule has 1 unspecified atom stereocenters. The van der Waals surface area contributed by atoms with Crippen LogP contribution >= 0.6 is 0 Å². The molecule has 0 aliphatic carbocycles. The lowest BCUT2D eigenvalue weighted by molar-refractivity contribution is 0.627. The summed E-state index contributed by atoms with van der Waals surface area (Å²) in [6, 6.07) is 10.2. The van der Waals surface area contributed by atoms with Gasteiger partial charge in [-0.25, -0.2) is 9.37 Å². The average molecular weight is 372 g/mol. The Bertz CT molecular complexity index is 845. The topological polar surface area (TPSA) is 68.8 Å².